The first-order valence-electron chi connectivity index (χ1n) is 3.25. The fourth-order valence-corrected chi connectivity index (χ4v) is 1.27. The Morgan fingerprint density at radius 1 is 1.44 bits per heavy atom. The molecular weight excluding hydrogens is 116 g/mol. The van der Waals surface area contributed by atoms with E-state index in [2.05, 4.69) is 0 Å². The second kappa shape index (κ2) is 2.35. The molecule has 1 amide bonds. The molecule has 1 aliphatic rings. The Morgan fingerprint density at radius 2 is 2.11 bits per heavy atom. The molecule has 0 aromatic heterocycles. The van der Waals surface area contributed by atoms with Crippen LogP contribution in [0.4, 0.5) is 0 Å². The van der Waals surface area contributed by atoms with Gasteiger partial charge in [0.1, 0.15) is 0 Å². The maximum atomic E-state index is 10.5. The molecule has 0 radical (unpaired) electrons. The molecule has 1 fully saturated rings. The number of carbonyl (C=O) groups excluding carboxylic acids is 1. The Balaban J connectivity index is 2.39. The summed E-state index contributed by atoms with van der Waals surface area (Å²) in [4.78, 5) is 10.5. The Hall–Kier alpha value is -0.570. The standard InChI is InChI=1S/C6H12N2O/c7-5-2-1-4(3-5)6(8)9/h4-5H,1-3,7H2,(H2,8,9)/t4?,5-/m1/s1. The van der Waals surface area contributed by atoms with Gasteiger partial charge in [0, 0.05) is 12.0 Å². The fourth-order valence-electron chi connectivity index (χ4n) is 1.27. The van der Waals surface area contributed by atoms with Crippen LogP contribution in [0.3, 0.4) is 0 Å². The average Bonchev–Trinajstić information content (AvgIpc) is 2.14. The molecule has 0 saturated heterocycles. The van der Waals surface area contributed by atoms with Crippen LogP contribution in [-0.2, 0) is 4.79 Å². The van der Waals surface area contributed by atoms with Gasteiger partial charge in [-0.1, -0.05) is 0 Å². The highest BCUT2D eigenvalue weighted by Gasteiger charge is 2.25. The second-order valence-electron chi connectivity index (χ2n) is 2.67. The molecule has 3 nitrogen and oxygen atoms in total. The van der Waals surface area contributed by atoms with Crippen LogP contribution in [0.25, 0.3) is 0 Å². The molecule has 1 rings (SSSR count). The lowest BCUT2D eigenvalue weighted by molar-refractivity contribution is -0.121. The third-order valence-electron chi connectivity index (χ3n) is 1.88. The molecule has 9 heavy (non-hydrogen) atoms. The van der Waals surface area contributed by atoms with Gasteiger partial charge in [-0.15, -0.1) is 0 Å². The number of hydrogen-bond donors (Lipinski definition) is 2. The zero-order valence-electron chi connectivity index (χ0n) is 5.34. The van der Waals surface area contributed by atoms with Crippen molar-refractivity contribution in [2.24, 2.45) is 17.4 Å². The molecule has 0 spiro atoms. The largest absolute Gasteiger partial charge is 0.369 e. The van der Waals surface area contributed by atoms with Gasteiger partial charge in [-0.25, -0.2) is 0 Å². The average molecular weight is 128 g/mol. The van der Waals surface area contributed by atoms with E-state index in [1.807, 2.05) is 0 Å². The molecule has 52 valence electrons. The molecule has 2 atom stereocenters. The van der Waals surface area contributed by atoms with Crippen LogP contribution in [0.5, 0.6) is 0 Å². The number of hydrogen-bond acceptors (Lipinski definition) is 2. The minimum absolute atomic E-state index is 0.0556. The van der Waals surface area contributed by atoms with Crippen molar-refractivity contribution in [1.29, 1.82) is 0 Å². The summed E-state index contributed by atoms with van der Waals surface area (Å²) in [7, 11) is 0. The molecule has 4 N–H and O–H groups in total. The van der Waals surface area contributed by atoms with Crippen molar-refractivity contribution in [2.45, 2.75) is 25.3 Å². The minimum Gasteiger partial charge on any atom is -0.369 e. The van der Waals surface area contributed by atoms with Crippen molar-refractivity contribution in [3.05, 3.63) is 0 Å². The predicted molar refractivity (Wildman–Crippen MR) is 34.5 cm³/mol. The van der Waals surface area contributed by atoms with Gasteiger partial charge in [0.15, 0.2) is 0 Å². The number of nitrogens with two attached hydrogens (primary N) is 2. The Morgan fingerprint density at radius 3 is 2.33 bits per heavy atom. The fraction of sp³-hybridized carbons (Fsp3) is 0.833. The predicted octanol–water partition coefficient (Wildman–Crippen LogP) is -0.401. The lowest BCUT2D eigenvalue weighted by Crippen LogP contribution is -2.23. The van der Waals surface area contributed by atoms with Crippen LogP contribution >= 0.6 is 0 Å². The topological polar surface area (TPSA) is 69.1 Å². The molecular formula is C6H12N2O. The summed E-state index contributed by atoms with van der Waals surface area (Å²) < 4.78 is 0. The maximum absolute atomic E-state index is 10.5. The highest BCUT2D eigenvalue weighted by Crippen LogP contribution is 2.22. The van der Waals surface area contributed by atoms with Crippen LogP contribution < -0.4 is 11.5 Å². The van der Waals surface area contributed by atoms with Gasteiger partial charge < -0.3 is 11.5 Å². The van der Waals surface area contributed by atoms with Crippen molar-refractivity contribution in [2.75, 3.05) is 0 Å². The number of rotatable bonds is 1. The Kier molecular flexibility index (Phi) is 1.71. The van der Waals surface area contributed by atoms with Gasteiger partial charge in [-0.3, -0.25) is 4.79 Å². The lowest BCUT2D eigenvalue weighted by atomic mass is 10.1. The van der Waals surface area contributed by atoms with Crippen molar-refractivity contribution in [3.8, 4) is 0 Å². The first kappa shape index (κ1) is 6.55. The van der Waals surface area contributed by atoms with E-state index in [9.17, 15) is 4.79 Å². The normalized spacial score (nSPS) is 34.8. The van der Waals surface area contributed by atoms with E-state index in [-0.39, 0.29) is 17.9 Å². The molecule has 0 bridgehead atoms. The van der Waals surface area contributed by atoms with Crippen LogP contribution in [0.2, 0.25) is 0 Å². The molecule has 3 heteroatoms. The number of primary amides is 1. The van der Waals surface area contributed by atoms with E-state index in [0.29, 0.717) is 0 Å². The summed E-state index contributed by atoms with van der Waals surface area (Å²) in [6, 6.07) is 0.211. The molecule has 1 aliphatic carbocycles. The van der Waals surface area contributed by atoms with Gasteiger partial charge >= 0.3 is 0 Å². The molecule has 0 aromatic carbocycles. The van der Waals surface area contributed by atoms with Crippen molar-refractivity contribution in [3.63, 3.8) is 0 Å². The lowest BCUT2D eigenvalue weighted by Gasteiger charge is -2.01. The molecule has 1 saturated carbocycles. The van der Waals surface area contributed by atoms with Crippen LogP contribution in [0.15, 0.2) is 0 Å². The molecule has 0 aromatic rings. The summed E-state index contributed by atoms with van der Waals surface area (Å²) in [6.07, 6.45) is 2.62. The second-order valence-corrected chi connectivity index (χ2v) is 2.67. The van der Waals surface area contributed by atoms with E-state index < -0.39 is 0 Å². The van der Waals surface area contributed by atoms with E-state index >= 15 is 0 Å². The molecule has 1 unspecified atom stereocenters. The van der Waals surface area contributed by atoms with Crippen molar-refractivity contribution in [1.82, 2.24) is 0 Å². The van der Waals surface area contributed by atoms with E-state index in [0.717, 1.165) is 19.3 Å². The first-order valence-corrected chi connectivity index (χ1v) is 3.25. The van der Waals surface area contributed by atoms with Crippen LogP contribution in [-0.4, -0.2) is 11.9 Å². The van der Waals surface area contributed by atoms with Crippen LogP contribution in [0.1, 0.15) is 19.3 Å². The summed E-state index contributed by atoms with van der Waals surface area (Å²) >= 11 is 0. The first-order chi connectivity index (χ1) is 4.20. The molecule has 0 heterocycles. The third-order valence-corrected chi connectivity index (χ3v) is 1.88. The summed E-state index contributed by atoms with van der Waals surface area (Å²) in [6.45, 7) is 0. The smallest absolute Gasteiger partial charge is 0.220 e. The highest BCUT2D eigenvalue weighted by atomic mass is 16.1. The minimum atomic E-state index is -0.192. The Bertz CT molecular complexity index is 124. The van der Waals surface area contributed by atoms with Crippen molar-refractivity contribution < 1.29 is 4.79 Å². The van der Waals surface area contributed by atoms with E-state index in [4.69, 9.17) is 11.5 Å². The SMILES string of the molecule is NC(=O)C1CC[C@@H](N)C1. The van der Waals surface area contributed by atoms with E-state index in [1.54, 1.807) is 0 Å². The maximum Gasteiger partial charge on any atom is 0.220 e. The number of amides is 1. The summed E-state index contributed by atoms with van der Waals surface area (Å²) in [5.41, 5.74) is 10.6. The zero-order valence-corrected chi connectivity index (χ0v) is 5.34. The molecule has 0 aliphatic heterocycles. The van der Waals surface area contributed by atoms with Gasteiger partial charge in [0.25, 0.3) is 0 Å². The summed E-state index contributed by atoms with van der Waals surface area (Å²) in [5.74, 6) is -0.136. The number of carbonyl (C=O) groups is 1. The third kappa shape index (κ3) is 1.42. The van der Waals surface area contributed by atoms with Gasteiger partial charge in [-0.05, 0) is 19.3 Å². The quantitative estimate of drug-likeness (QED) is 0.504. The van der Waals surface area contributed by atoms with E-state index in [1.165, 1.54) is 0 Å². The summed E-state index contributed by atoms with van der Waals surface area (Å²) in [5, 5.41) is 0. The van der Waals surface area contributed by atoms with Gasteiger partial charge in [0.2, 0.25) is 5.91 Å². The Labute approximate surface area is 54.4 Å². The monoisotopic (exact) mass is 128 g/mol. The van der Waals surface area contributed by atoms with Crippen LogP contribution in [0, 0.1) is 5.92 Å². The van der Waals surface area contributed by atoms with Crippen molar-refractivity contribution >= 4 is 5.91 Å². The van der Waals surface area contributed by atoms with Gasteiger partial charge in [-0.2, -0.15) is 0 Å². The zero-order chi connectivity index (χ0) is 6.85. The van der Waals surface area contributed by atoms with Gasteiger partial charge in [0.05, 0.1) is 0 Å². The highest BCUT2D eigenvalue weighted by molar-refractivity contribution is 5.76.